The molecule has 1 rings (SSSR count). The van der Waals surface area contributed by atoms with Crippen molar-refractivity contribution in [3.63, 3.8) is 0 Å². The molecule has 64 valence electrons. The number of carbonyl (C=O) groups is 1. The van der Waals surface area contributed by atoms with Gasteiger partial charge in [-0.05, 0) is 5.92 Å². The van der Waals surface area contributed by atoms with Gasteiger partial charge in [-0.3, -0.25) is 10.2 Å². The Morgan fingerprint density at radius 3 is 2.73 bits per heavy atom. The predicted octanol–water partition coefficient (Wildman–Crippen LogP) is 0.768. The van der Waals surface area contributed by atoms with Gasteiger partial charge in [-0.2, -0.15) is 0 Å². The maximum absolute atomic E-state index is 11.0. The van der Waals surface area contributed by atoms with Gasteiger partial charge in [-0.15, -0.1) is 0 Å². The number of hydrogen-bond acceptors (Lipinski definition) is 2. The third-order valence-corrected chi connectivity index (χ3v) is 2.17. The standard InChI is InChI=1S/C8H16N2O/c1-4-10-7(6(2)3)5-8(11)9-10/h6-7H,4-5H2,1-3H3,(H,9,11)/t7-/m0/s1. The quantitative estimate of drug-likeness (QED) is 0.640. The molecule has 0 aromatic rings. The van der Waals surface area contributed by atoms with Crippen LogP contribution in [0.2, 0.25) is 0 Å². The first-order valence-electron chi connectivity index (χ1n) is 4.21. The molecule has 1 fully saturated rings. The maximum atomic E-state index is 11.0. The third-order valence-electron chi connectivity index (χ3n) is 2.17. The number of hydrazine groups is 1. The Balaban J connectivity index is 2.57. The molecule has 1 saturated heterocycles. The van der Waals surface area contributed by atoms with Crippen molar-refractivity contribution in [3.8, 4) is 0 Å². The van der Waals surface area contributed by atoms with Gasteiger partial charge < -0.3 is 0 Å². The van der Waals surface area contributed by atoms with E-state index in [0.29, 0.717) is 18.4 Å². The molecule has 0 spiro atoms. The fourth-order valence-corrected chi connectivity index (χ4v) is 1.50. The third kappa shape index (κ3) is 1.71. The lowest BCUT2D eigenvalue weighted by Crippen LogP contribution is -2.40. The molecule has 1 aliphatic heterocycles. The van der Waals surface area contributed by atoms with Crippen molar-refractivity contribution in [2.24, 2.45) is 5.92 Å². The van der Waals surface area contributed by atoms with Crippen molar-refractivity contribution < 1.29 is 4.79 Å². The van der Waals surface area contributed by atoms with Crippen LogP contribution in [0.5, 0.6) is 0 Å². The molecule has 1 N–H and O–H groups in total. The maximum Gasteiger partial charge on any atom is 0.235 e. The summed E-state index contributed by atoms with van der Waals surface area (Å²) in [5.74, 6) is 0.708. The van der Waals surface area contributed by atoms with Gasteiger partial charge in [-0.1, -0.05) is 20.8 Å². The lowest BCUT2D eigenvalue weighted by Gasteiger charge is -2.24. The molecule has 1 atom stereocenters. The number of carbonyl (C=O) groups excluding carboxylic acids is 1. The molecule has 0 aromatic carbocycles. The first-order chi connectivity index (χ1) is 5.15. The van der Waals surface area contributed by atoms with Gasteiger partial charge in [0.2, 0.25) is 5.91 Å². The molecule has 11 heavy (non-hydrogen) atoms. The minimum absolute atomic E-state index is 0.158. The minimum atomic E-state index is 0.158. The lowest BCUT2D eigenvalue weighted by atomic mass is 10.0. The highest BCUT2D eigenvalue weighted by atomic mass is 16.2. The van der Waals surface area contributed by atoms with Gasteiger partial charge in [0.1, 0.15) is 0 Å². The Hall–Kier alpha value is -0.570. The second-order valence-electron chi connectivity index (χ2n) is 3.34. The van der Waals surface area contributed by atoms with Gasteiger partial charge in [-0.25, -0.2) is 5.01 Å². The van der Waals surface area contributed by atoms with E-state index < -0.39 is 0 Å². The fourth-order valence-electron chi connectivity index (χ4n) is 1.50. The number of rotatable bonds is 2. The first-order valence-corrected chi connectivity index (χ1v) is 4.21. The lowest BCUT2D eigenvalue weighted by molar-refractivity contribution is -0.120. The van der Waals surface area contributed by atoms with E-state index in [1.54, 1.807) is 0 Å². The van der Waals surface area contributed by atoms with Crippen LogP contribution in [0.15, 0.2) is 0 Å². The largest absolute Gasteiger partial charge is 0.289 e. The van der Waals surface area contributed by atoms with Crippen molar-refractivity contribution in [2.45, 2.75) is 33.2 Å². The Labute approximate surface area is 67.7 Å². The molecular weight excluding hydrogens is 140 g/mol. The van der Waals surface area contributed by atoms with E-state index in [-0.39, 0.29) is 5.91 Å². The van der Waals surface area contributed by atoms with E-state index >= 15 is 0 Å². The normalized spacial score (nSPS) is 26.2. The molecule has 3 nitrogen and oxygen atoms in total. The zero-order valence-electron chi connectivity index (χ0n) is 7.42. The van der Waals surface area contributed by atoms with E-state index in [1.807, 2.05) is 5.01 Å². The average Bonchev–Trinajstić information content (AvgIpc) is 2.30. The smallest absolute Gasteiger partial charge is 0.235 e. The van der Waals surface area contributed by atoms with Crippen LogP contribution in [0.3, 0.4) is 0 Å². The Bertz CT molecular complexity index is 156. The van der Waals surface area contributed by atoms with Crippen molar-refractivity contribution in [1.29, 1.82) is 0 Å². The predicted molar refractivity (Wildman–Crippen MR) is 43.8 cm³/mol. The second-order valence-corrected chi connectivity index (χ2v) is 3.34. The molecule has 1 amide bonds. The summed E-state index contributed by atoms with van der Waals surface area (Å²) in [4.78, 5) is 11.0. The monoisotopic (exact) mass is 156 g/mol. The van der Waals surface area contributed by atoms with E-state index in [0.717, 1.165) is 6.54 Å². The van der Waals surface area contributed by atoms with Gasteiger partial charge >= 0.3 is 0 Å². The minimum Gasteiger partial charge on any atom is -0.289 e. The first kappa shape index (κ1) is 8.53. The van der Waals surface area contributed by atoms with Gasteiger partial charge in [0, 0.05) is 19.0 Å². The summed E-state index contributed by atoms with van der Waals surface area (Å²) in [6, 6.07) is 0.396. The summed E-state index contributed by atoms with van der Waals surface area (Å²) in [6.07, 6.45) is 0.658. The number of nitrogens with one attached hydrogen (secondary N) is 1. The van der Waals surface area contributed by atoms with Gasteiger partial charge in [0.25, 0.3) is 0 Å². The van der Waals surface area contributed by atoms with Crippen LogP contribution in [0.4, 0.5) is 0 Å². The topological polar surface area (TPSA) is 32.3 Å². The molecule has 0 saturated carbocycles. The van der Waals surface area contributed by atoms with Crippen LogP contribution in [-0.2, 0) is 4.79 Å². The molecule has 0 bridgehead atoms. The van der Waals surface area contributed by atoms with E-state index in [9.17, 15) is 4.79 Å². The van der Waals surface area contributed by atoms with Crippen molar-refractivity contribution >= 4 is 5.91 Å². The highest BCUT2D eigenvalue weighted by Gasteiger charge is 2.30. The molecule has 0 aromatic heterocycles. The SMILES string of the molecule is CCN1NC(=O)C[C@H]1C(C)C. The molecule has 3 heteroatoms. The Morgan fingerprint density at radius 2 is 2.36 bits per heavy atom. The van der Waals surface area contributed by atoms with Crippen LogP contribution >= 0.6 is 0 Å². The number of amides is 1. The van der Waals surface area contributed by atoms with Crippen LogP contribution in [-0.4, -0.2) is 23.5 Å². The van der Waals surface area contributed by atoms with Crippen molar-refractivity contribution in [3.05, 3.63) is 0 Å². The molecule has 0 radical (unpaired) electrons. The molecular formula is C8H16N2O. The van der Waals surface area contributed by atoms with Crippen LogP contribution in [0, 0.1) is 5.92 Å². The summed E-state index contributed by atoms with van der Waals surface area (Å²) < 4.78 is 0. The number of hydrogen-bond donors (Lipinski definition) is 1. The average molecular weight is 156 g/mol. The van der Waals surface area contributed by atoms with E-state index in [2.05, 4.69) is 26.2 Å². The summed E-state index contributed by atoms with van der Waals surface area (Å²) in [5, 5.41) is 2.02. The Morgan fingerprint density at radius 1 is 1.73 bits per heavy atom. The van der Waals surface area contributed by atoms with Gasteiger partial charge in [0.05, 0.1) is 0 Å². The van der Waals surface area contributed by atoms with Gasteiger partial charge in [0.15, 0.2) is 0 Å². The van der Waals surface area contributed by atoms with Crippen LogP contribution in [0.25, 0.3) is 0 Å². The molecule has 1 heterocycles. The summed E-state index contributed by atoms with van der Waals surface area (Å²) in [5.41, 5.74) is 2.83. The molecule has 0 aliphatic carbocycles. The van der Waals surface area contributed by atoms with Crippen LogP contribution < -0.4 is 5.43 Å². The molecule has 1 aliphatic rings. The number of nitrogens with zero attached hydrogens (tertiary/aromatic N) is 1. The Kier molecular flexibility index (Phi) is 2.49. The zero-order valence-corrected chi connectivity index (χ0v) is 7.42. The second kappa shape index (κ2) is 3.22. The van der Waals surface area contributed by atoms with E-state index in [1.165, 1.54) is 0 Å². The van der Waals surface area contributed by atoms with E-state index in [4.69, 9.17) is 0 Å². The summed E-state index contributed by atoms with van der Waals surface area (Å²) in [6.45, 7) is 7.25. The van der Waals surface area contributed by atoms with Crippen molar-refractivity contribution in [1.82, 2.24) is 10.4 Å². The highest BCUT2D eigenvalue weighted by Crippen LogP contribution is 2.17. The zero-order chi connectivity index (χ0) is 8.43. The summed E-state index contributed by atoms with van der Waals surface area (Å²) >= 11 is 0. The van der Waals surface area contributed by atoms with Crippen molar-refractivity contribution in [2.75, 3.05) is 6.54 Å². The fraction of sp³-hybridized carbons (Fsp3) is 0.875. The molecule has 0 unspecified atom stereocenters. The van der Waals surface area contributed by atoms with Crippen LogP contribution in [0.1, 0.15) is 27.2 Å². The summed E-state index contributed by atoms with van der Waals surface area (Å²) in [7, 11) is 0. The highest BCUT2D eigenvalue weighted by molar-refractivity contribution is 5.78.